The van der Waals surface area contributed by atoms with Crippen molar-refractivity contribution in [3.05, 3.63) is 17.7 Å². The predicted octanol–water partition coefficient (Wildman–Crippen LogP) is 1.25. The van der Waals surface area contributed by atoms with Crippen LogP contribution < -0.4 is 19.9 Å². The van der Waals surface area contributed by atoms with Gasteiger partial charge in [0.15, 0.2) is 11.5 Å². The fourth-order valence-corrected chi connectivity index (χ4v) is 1.95. The highest BCUT2D eigenvalue weighted by atomic mass is 16.7. The largest absolute Gasteiger partial charge is 0.493 e. The third-order valence-corrected chi connectivity index (χ3v) is 2.89. The van der Waals surface area contributed by atoms with Gasteiger partial charge >= 0.3 is 5.97 Å². The van der Waals surface area contributed by atoms with Crippen molar-refractivity contribution in [2.45, 2.75) is 25.8 Å². The van der Waals surface area contributed by atoms with Gasteiger partial charge in [-0.15, -0.1) is 0 Å². The maximum absolute atomic E-state index is 11.1. The summed E-state index contributed by atoms with van der Waals surface area (Å²) in [5.74, 6) is 1.70. The SMILES string of the molecule is COC(=O)CCOc1cc2c(cc1CC(C)N)OCO2. The normalized spacial score (nSPS) is 13.9. The summed E-state index contributed by atoms with van der Waals surface area (Å²) in [5.41, 5.74) is 6.77. The van der Waals surface area contributed by atoms with Crippen LogP contribution in [0.4, 0.5) is 0 Å². The second kappa shape index (κ2) is 6.47. The molecule has 2 rings (SSSR count). The first kappa shape index (κ1) is 14.5. The first-order valence-electron chi connectivity index (χ1n) is 6.48. The number of nitrogens with two attached hydrogens (primary N) is 1. The summed E-state index contributed by atoms with van der Waals surface area (Å²) in [6.07, 6.45) is 0.854. The molecular weight excluding hydrogens is 262 g/mol. The summed E-state index contributed by atoms with van der Waals surface area (Å²) >= 11 is 0. The van der Waals surface area contributed by atoms with E-state index < -0.39 is 0 Å². The Bertz CT molecular complexity index is 487. The quantitative estimate of drug-likeness (QED) is 0.790. The number of carbonyl (C=O) groups excluding carboxylic acids is 1. The van der Waals surface area contributed by atoms with E-state index in [1.165, 1.54) is 7.11 Å². The molecule has 1 heterocycles. The lowest BCUT2D eigenvalue weighted by molar-refractivity contribution is -0.141. The molecular formula is C14H19NO5. The van der Waals surface area contributed by atoms with Gasteiger partial charge in [0.25, 0.3) is 0 Å². The van der Waals surface area contributed by atoms with Gasteiger partial charge in [0.05, 0.1) is 20.1 Å². The second-order valence-corrected chi connectivity index (χ2v) is 4.67. The minimum absolute atomic E-state index is 0.00155. The number of carbonyl (C=O) groups is 1. The molecule has 0 spiro atoms. The van der Waals surface area contributed by atoms with Crippen LogP contribution in [-0.2, 0) is 16.0 Å². The molecule has 0 aromatic heterocycles. The smallest absolute Gasteiger partial charge is 0.308 e. The van der Waals surface area contributed by atoms with Crippen LogP contribution in [-0.4, -0.2) is 32.5 Å². The number of ether oxygens (including phenoxy) is 4. The molecule has 2 N–H and O–H groups in total. The Morgan fingerprint density at radius 1 is 1.40 bits per heavy atom. The van der Waals surface area contributed by atoms with Crippen LogP contribution in [0.25, 0.3) is 0 Å². The summed E-state index contributed by atoms with van der Waals surface area (Å²) in [7, 11) is 1.35. The highest BCUT2D eigenvalue weighted by molar-refractivity contribution is 5.69. The Hall–Kier alpha value is -1.95. The number of hydrogen-bond acceptors (Lipinski definition) is 6. The molecule has 20 heavy (non-hydrogen) atoms. The molecule has 0 bridgehead atoms. The van der Waals surface area contributed by atoms with E-state index in [0.29, 0.717) is 23.7 Å². The number of rotatable bonds is 6. The molecule has 0 saturated carbocycles. The van der Waals surface area contributed by atoms with Crippen LogP contribution in [0.15, 0.2) is 12.1 Å². The lowest BCUT2D eigenvalue weighted by atomic mass is 10.1. The molecule has 1 aromatic rings. The van der Waals surface area contributed by atoms with E-state index in [9.17, 15) is 4.79 Å². The van der Waals surface area contributed by atoms with Gasteiger partial charge in [0.1, 0.15) is 5.75 Å². The van der Waals surface area contributed by atoms with Crippen molar-refractivity contribution in [1.29, 1.82) is 0 Å². The molecule has 0 fully saturated rings. The number of hydrogen-bond donors (Lipinski definition) is 1. The molecule has 6 nitrogen and oxygen atoms in total. The Labute approximate surface area is 117 Å². The zero-order valence-electron chi connectivity index (χ0n) is 11.7. The molecule has 6 heteroatoms. The Kier molecular flexibility index (Phi) is 4.68. The van der Waals surface area contributed by atoms with Crippen molar-refractivity contribution in [2.24, 2.45) is 5.73 Å². The molecule has 0 aliphatic carbocycles. The third-order valence-electron chi connectivity index (χ3n) is 2.89. The number of esters is 1. The van der Waals surface area contributed by atoms with Gasteiger partial charge in [0.2, 0.25) is 6.79 Å². The average Bonchev–Trinajstić information content (AvgIpc) is 2.85. The third kappa shape index (κ3) is 3.54. The van der Waals surface area contributed by atoms with Gasteiger partial charge in [-0.05, 0) is 25.0 Å². The standard InChI is InChI=1S/C14H19NO5/c1-9(15)5-10-6-12-13(20-8-19-12)7-11(10)18-4-3-14(16)17-2/h6-7,9H,3-5,8,15H2,1-2H3. The molecule has 1 unspecified atom stereocenters. The van der Waals surface area contributed by atoms with Gasteiger partial charge in [0, 0.05) is 12.1 Å². The average molecular weight is 281 g/mol. The number of methoxy groups -OCH3 is 1. The highest BCUT2D eigenvalue weighted by Crippen LogP contribution is 2.38. The Morgan fingerprint density at radius 3 is 2.75 bits per heavy atom. The van der Waals surface area contributed by atoms with E-state index in [-0.39, 0.29) is 31.8 Å². The van der Waals surface area contributed by atoms with E-state index in [1.54, 1.807) is 6.07 Å². The summed E-state index contributed by atoms with van der Waals surface area (Å²) in [4.78, 5) is 11.1. The van der Waals surface area contributed by atoms with Gasteiger partial charge in [-0.1, -0.05) is 0 Å². The van der Waals surface area contributed by atoms with E-state index >= 15 is 0 Å². The molecule has 1 atom stereocenters. The van der Waals surface area contributed by atoms with Gasteiger partial charge in [-0.25, -0.2) is 0 Å². The zero-order chi connectivity index (χ0) is 14.5. The van der Waals surface area contributed by atoms with E-state index in [1.807, 2.05) is 13.0 Å². The molecule has 1 aliphatic rings. The highest BCUT2D eigenvalue weighted by Gasteiger charge is 2.19. The van der Waals surface area contributed by atoms with Crippen molar-refractivity contribution in [3.8, 4) is 17.2 Å². The van der Waals surface area contributed by atoms with Crippen molar-refractivity contribution in [2.75, 3.05) is 20.5 Å². The van der Waals surface area contributed by atoms with Crippen LogP contribution in [0.1, 0.15) is 18.9 Å². The molecule has 110 valence electrons. The monoisotopic (exact) mass is 281 g/mol. The van der Waals surface area contributed by atoms with Crippen molar-refractivity contribution in [1.82, 2.24) is 0 Å². The topological polar surface area (TPSA) is 80.0 Å². The Balaban J connectivity index is 2.10. The maximum atomic E-state index is 11.1. The van der Waals surface area contributed by atoms with Crippen molar-refractivity contribution >= 4 is 5.97 Å². The van der Waals surface area contributed by atoms with Crippen LogP contribution in [0.5, 0.6) is 17.2 Å². The minimum atomic E-state index is -0.306. The summed E-state index contributed by atoms with van der Waals surface area (Å²) in [6.45, 7) is 2.37. The fourth-order valence-electron chi connectivity index (χ4n) is 1.95. The maximum Gasteiger partial charge on any atom is 0.308 e. The summed E-state index contributed by atoms with van der Waals surface area (Å²) < 4.78 is 20.9. The van der Waals surface area contributed by atoms with E-state index in [4.69, 9.17) is 19.9 Å². The first-order chi connectivity index (χ1) is 9.60. The van der Waals surface area contributed by atoms with Gasteiger partial charge < -0.3 is 24.7 Å². The van der Waals surface area contributed by atoms with Crippen LogP contribution in [0.2, 0.25) is 0 Å². The molecule has 0 saturated heterocycles. The van der Waals surface area contributed by atoms with E-state index in [2.05, 4.69) is 4.74 Å². The van der Waals surface area contributed by atoms with Crippen LogP contribution >= 0.6 is 0 Å². The van der Waals surface area contributed by atoms with Crippen molar-refractivity contribution < 1.29 is 23.7 Å². The minimum Gasteiger partial charge on any atom is -0.493 e. The zero-order valence-corrected chi connectivity index (χ0v) is 11.7. The number of fused-ring (bicyclic) bond motifs is 1. The van der Waals surface area contributed by atoms with Crippen LogP contribution in [0, 0.1) is 0 Å². The van der Waals surface area contributed by atoms with E-state index in [0.717, 1.165) is 5.56 Å². The fraction of sp³-hybridized carbons (Fsp3) is 0.500. The summed E-state index contributed by atoms with van der Waals surface area (Å²) in [5, 5.41) is 0. The van der Waals surface area contributed by atoms with Crippen LogP contribution in [0.3, 0.4) is 0 Å². The molecule has 1 aliphatic heterocycles. The lowest BCUT2D eigenvalue weighted by Crippen LogP contribution is -2.18. The van der Waals surface area contributed by atoms with Gasteiger partial charge in [-0.2, -0.15) is 0 Å². The summed E-state index contributed by atoms with van der Waals surface area (Å²) in [6, 6.07) is 3.65. The number of benzene rings is 1. The van der Waals surface area contributed by atoms with Gasteiger partial charge in [-0.3, -0.25) is 4.79 Å². The second-order valence-electron chi connectivity index (χ2n) is 4.67. The lowest BCUT2D eigenvalue weighted by Gasteiger charge is -2.14. The van der Waals surface area contributed by atoms with Crippen molar-refractivity contribution in [3.63, 3.8) is 0 Å². The molecule has 0 amide bonds. The predicted molar refractivity (Wildman–Crippen MR) is 72.0 cm³/mol. The Morgan fingerprint density at radius 2 is 2.10 bits per heavy atom. The molecule has 0 radical (unpaired) electrons. The first-order valence-corrected chi connectivity index (χ1v) is 6.48. The molecule has 1 aromatic carbocycles.